The highest BCUT2D eigenvalue weighted by Crippen LogP contribution is 2.36. The zero-order valence-corrected chi connectivity index (χ0v) is 12.2. The molecule has 1 nitrogen and oxygen atoms in total. The molecule has 2 heteroatoms. The molecule has 1 saturated carbocycles. The Morgan fingerprint density at radius 3 is 2.45 bits per heavy atom. The normalized spacial score (nSPS) is 16.7. The Kier molecular flexibility index (Phi) is 4.09. The van der Waals surface area contributed by atoms with Gasteiger partial charge in [-0.15, -0.1) is 0 Å². The number of aliphatic hydroxyl groups is 1. The molecule has 1 atom stereocenters. The molecule has 0 aromatic heterocycles. The van der Waals surface area contributed by atoms with Crippen LogP contribution in [0.5, 0.6) is 0 Å². The number of aliphatic hydroxyl groups excluding tert-OH is 1. The van der Waals surface area contributed by atoms with Crippen LogP contribution in [0.3, 0.4) is 0 Å². The van der Waals surface area contributed by atoms with Gasteiger partial charge in [0.15, 0.2) is 0 Å². The first-order valence-electron chi connectivity index (χ1n) is 7.25. The Morgan fingerprint density at radius 1 is 1.10 bits per heavy atom. The molecule has 0 bridgehead atoms. The quantitative estimate of drug-likeness (QED) is 0.849. The third kappa shape index (κ3) is 3.05. The van der Waals surface area contributed by atoms with Crippen molar-refractivity contribution < 1.29 is 5.11 Å². The molecule has 1 aliphatic carbocycles. The average Bonchev–Trinajstić information content (AvgIpc) is 2.37. The van der Waals surface area contributed by atoms with E-state index in [2.05, 4.69) is 24.3 Å². The topological polar surface area (TPSA) is 20.2 Å². The highest BCUT2D eigenvalue weighted by atomic mass is 35.5. The van der Waals surface area contributed by atoms with Crippen LogP contribution in [0.15, 0.2) is 48.5 Å². The lowest BCUT2D eigenvalue weighted by Crippen LogP contribution is -2.09. The van der Waals surface area contributed by atoms with Crippen LogP contribution in [0, 0.1) is 0 Å². The van der Waals surface area contributed by atoms with Crippen LogP contribution < -0.4 is 0 Å². The third-order valence-corrected chi connectivity index (χ3v) is 4.45. The highest BCUT2D eigenvalue weighted by Gasteiger charge is 2.19. The maximum absolute atomic E-state index is 10.3. The molecule has 104 valence electrons. The first kappa shape index (κ1) is 13.7. The van der Waals surface area contributed by atoms with Crippen molar-refractivity contribution in [2.75, 3.05) is 0 Å². The summed E-state index contributed by atoms with van der Waals surface area (Å²) in [6.07, 6.45) is 4.10. The van der Waals surface area contributed by atoms with Crippen LogP contribution in [0.2, 0.25) is 5.02 Å². The minimum absolute atomic E-state index is 0.469. The molecule has 1 fully saturated rings. The summed E-state index contributed by atoms with van der Waals surface area (Å²) in [5.74, 6) is 0.745. The predicted octanol–water partition coefficient (Wildman–Crippen LogP) is 4.88. The fraction of sp³-hybridized carbons (Fsp3) is 0.333. The van der Waals surface area contributed by atoms with E-state index in [0.717, 1.165) is 22.1 Å². The second kappa shape index (κ2) is 5.99. The van der Waals surface area contributed by atoms with E-state index in [1.807, 2.05) is 24.3 Å². The van der Waals surface area contributed by atoms with Gasteiger partial charge in [0.05, 0.1) is 6.10 Å². The van der Waals surface area contributed by atoms with Crippen LogP contribution in [-0.4, -0.2) is 5.11 Å². The van der Waals surface area contributed by atoms with E-state index in [4.69, 9.17) is 11.6 Å². The standard InChI is InChI=1S/C18H19ClO/c19-17-6-1-3-13(11-17)12-18(20)16-9-7-15(8-10-16)14-4-2-5-14/h1,3,6-11,14,18,20H,2,4-5,12H2. The molecule has 0 aliphatic heterocycles. The van der Waals surface area contributed by atoms with E-state index < -0.39 is 6.10 Å². The molecule has 1 unspecified atom stereocenters. The maximum atomic E-state index is 10.3. The van der Waals surface area contributed by atoms with Gasteiger partial charge in [0.25, 0.3) is 0 Å². The number of hydrogen-bond acceptors (Lipinski definition) is 1. The summed E-state index contributed by atoms with van der Waals surface area (Å²) in [6.45, 7) is 0. The molecule has 0 heterocycles. The fourth-order valence-electron chi connectivity index (χ4n) is 2.74. The molecule has 0 radical (unpaired) electrons. The van der Waals surface area contributed by atoms with Gasteiger partial charge in [-0.1, -0.05) is 54.4 Å². The Hall–Kier alpha value is -1.31. The Morgan fingerprint density at radius 2 is 1.85 bits per heavy atom. The Balaban J connectivity index is 1.68. The van der Waals surface area contributed by atoms with Crippen LogP contribution >= 0.6 is 11.6 Å². The molecule has 3 rings (SSSR count). The van der Waals surface area contributed by atoms with E-state index in [1.54, 1.807) is 0 Å². The van der Waals surface area contributed by atoms with Crippen molar-refractivity contribution in [1.82, 2.24) is 0 Å². The van der Waals surface area contributed by atoms with Gasteiger partial charge in [0.1, 0.15) is 0 Å². The summed E-state index contributed by atoms with van der Waals surface area (Å²) < 4.78 is 0. The molecule has 2 aromatic rings. The van der Waals surface area contributed by atoms with Gasteiger partial charge >= 0.3 is 0 Å². The summed E-state index contributed by atoms with van der Waals surface area (Å²) in [5, 5.41) is 11.0. The zero-order chi connectivity index (χ0) is 13.9. The number of halogens is 1. The summed E-state index contributed by atoms with van der Waals surface area (Å²) in [6, 6.07) is 16.1. The molecule has 20 heavy (non-hydrogen) atoms. The maximum Gasteiger partial charge on any atom is 0.0830 e. The molecule has 2 aromatic carbocycles. The minimum atomic E-state index is -0.469. The van der Waals surface area contributed by atoms with E-state index >= 15 is 0 Å². The van der Waals surface area contributed by atoms with Crippen molar-refractivity contribution in [2.45, 2.75) is 37.7 Å². The van der Waals surface area contributed by atoms with E-state index in [-0.39, 0.29) is 0 Å². The van der Waals surface area contributed by atoms with E-state index in [1.165, 1.54) is 24.8 Å². The van der Waals surface area contributed by atoms with Gasteiger partial charge in [0.2, 0.25) is 0 Å². The van der Waals surface area contributed by atoms with Crippen molar-refractivity contribution >= 4 is 11.6 Å². The van der Waals surface area contributed by atoms with Gasteiger partial charge in [0, 0.05) is 11.4 Å². The summed E-state index contributed by atoms with van der Waals surface area (Å²) in [7, 11) is 0. The van der Waals surface area contributed by atoms with Crippen molar-refractivity contribution in [1.29, 1.82) is 0 Å². The summed E-state index contributed by atoms with van der Waals surface area (Å²) >= 11 is 5.97. The van der Waals surface area contributed by atoms with Crippen molar-refractivity contribution in [3.05, 3.63) is 70.2 Å². The molecule has 0 spiro atoms. The van der Waals surface area contributed by atoms with Crippen molar-refractivity contribution in [2.24, 2.45) is 0 Å². The monoisotopic (exact) mass is 286 g/mol. The van der Waals surface area contributed by atoms with Gasteiger partial charge in [-0.2, -0.15) is 0 Å². The molecule has 0 amide bonds. The number of benzene rings is 2. The van der Waals surface area contributed by atoms with Crippen LogP contribution in [-0.2, 0) is 6.42 Å². The Labute approximate surface area is 125 Å². The van der Waals surface area contributed by atoms with Gasteiger partial charge in [-0.3, -0.25) is 0 Å². The number of hydrogen-bond donors (Lipinski definition) is 1. The Bertz CT molecular complexity index is 572. The van der Waals surface area contributed by atoms with Crippen LogP contribution in [0.25, 0.3) is 0 Å². The van der Waals surface area contributed by atoms with Gasteiger partial charge in [-0.25, -0.2) is 0 Å². The van der Waals surface area contributed by atoms with Crippen LogP contribution in [0.4, 0.5) is 0 Å². The first-order chi connectivity index (χ1) is 9.72. The fourth-order valence-corrected chi connectivity index (χ4v) is 2.95. The predicted molar refractivity (Wildman–Crippen MR) is 83.1 cm³/mol. The zero-order valence-electron chi connectivity index (χ0n) is 11.4. The molecule has 1 N–H and O–H groups in total. The lowest BCUT2D eigenvalue weighted by molar-refractivity contribution is 0.178. The molecular weight excluding hydrogens is 268 g/mol. The summed E-state index contributed by atoms with van der Waals surface area (Å²) in [4.78, 5) is 0. The van der Waals surface area contributed by atoms with E-state index in [0.29, 0.717) is 6.42 Å². The minimum Gasteiger partial charge on any atom is -0.388 e. The van der Waals surface area contributed by atoms with Crippen LogP contribution in [0.1, 0.15) is 48.0 Å². The van der Waals surface area contributed by atoms with Crippen molar-refractivity contribution in [3.8, 4) is 0 Å². The second-order valence-corrected chi connectivity index (χ2v) is 6.08. The summed E-state index contributed by atoms with van der Waals surface area (Å²) in [5.41, 5.74) is 3.45. The molecular formula is C18H19ClO. The average molecular weight is 287 g/mol. The van der Waals surface area contributed by atoms with Gasteiger partial charge < -0.3 is 5.11 Å². The lowest BCUT2D eigenvalue weighted by Gasteiger charge is -2.26. The molecule has 1 aliphatic rings. The van der Waals surface area contributed by atoms with Crippen molar-refractivity contribution in [3.63, 3.8) is 0 Å². The van der Waals surface area contributed by atoms with Gasteiger partial charge in [-0.05, 0) is 47.6 Å². The largest absolute Gasteiger partial charge is 0.388 e. The smallest absolute Gasteiger partial charge is 0.0830 e. The van der Waals surface area contributed by atoms with E-state index in [9.17, 15) is 5.11 Å². The number of rotatable bonds is 4. The SMILES string of the molecule is OC(Cc1cccc(Cl)c1)c1ccc(C2CCC2)cc1. The first-order valence-corrected chi connectivity index (χ1v) is 7.62. The third-order valence-electron chi connectivity index (χ3n) is 4.22. The molecule has 0 saturated heterocycles. The second-order valence-electron chi connectivity index (χ2n) is 5.64. The lowest BCUT2D eigenvalue weighted by atomic mass is 9.80. The highest BCUT2D eigenvalue weighted by molar-refractivity contribution is 6.30.